The fraction of sp³-hybridized carbons (Fsp3) is 0.417. The first-order chi connectivity index (χ1) is 15.3. The van der Waals surface area contributed by atoms with Crippen LogP contribution in [0.25, 0.3) is 0 Å². The maximum Gasteiger partial charge on any atom is 0.416 e. The van der Waals surface area contributed by atoms with Crippen molar-refractivity contribution in [3.05, 3.63) is 59.7 Å². The van der Waals surface area contributed by atoms with Crippen LogP contribution in [0.5, 0.6) is 0 Å². The third-order valence-electron chi connectivity index (χ3n) is 6.39. The molecule has 2 aromatic rings. The zero-order valence-electron chi connectivity index (χ0n) is 17.7. The lowest BCUT2D eigenvalue weighted by molar-refractivity contribution is -0.138. The quantitative estimate of drug-likeness (QED) is 0.666. The Labute approximate surface area is 185 Å². The van der Waals surface area contributed by atoms with Crippen molar-refractivity contribution in [3.63, 3.8) is 0 Å². The Balaban J connectivity index is 1.27. The van der Waals surface area contributed by atoms with Crippen molar-refractivity contribution in [2.45, 2.75) is 19.0 Å². The highest BCUT2D eigenvalue weighted by molar-refractivity contribution is 5.80. The molecule has 2 fully saturated rings. The van der Waals surface area contributed by atoms with Gasteiger partial charge in [0, 0.05) is 62.1 Å². The monoisotopic (exact) mass is 445 g/mol. The smallest absolute Gasteiger partial charge is 0.371 e. The van der Waals surface area contributed by atoms with Crippen LogP contribution in [0.3, 0.4) is 0 Å². The van der Waals surface area contributed by atoms with E-state index in [1.807, 2.05) is 21.9 Å². The molecular weight excluding hydrogens is 419 g/mol. The molecule has 0 radical (unpaired) electrons. The largest absolute Gasteiger partial charge is 0.416 e. The van der Waals surface area contributed by atoms with Gasteiger partial charge in [0.25, 0.3) is 0 Å². The lowest BCUT2D eigenvalue weighted by atomic mass is 9.94. The second-order valence-corrected chi connectivity index (χ2v) is 8.33. The zero-order chi connectivity index (χ0) is 22.7. The number of piperidine rings is 1. The summed E-state index contributed by atoms with van der Waals surface area (Å²) in [5.74, 6) is 0.172. The minimum atomic E-state index is -4.34. The number of halogens is 3. The lowest BCUT2D eigenvalue weighted by Crippen LogP contribution is -2.51. The van der Waals surface area contributed by atoms with Crippen molar-refractivity contribution in [3.8, 4) is 0 Å². The normalized spacial score (nSPS) is 18.0. The van der Waals surface area contributed by atoms with E-state index in [1.165, 1.54) is 12.1 Å². The van der Waals surface area contributed by atoms with Gasteiger partial charge in [0.05, 0.1) is 5.56 Å². The molecule has 0 bridgehead atoms. The number of hydrogen-bond donors (Lipinski definition) is 0. The lowest BCUT2D eigenvalue weighted by Gasteiger charge is -2.39. The molecule has 2 heterocycles. The molecule has 170 valence electrons. The molecule has 2 aliphatic heterocycles. The minimum absolute atomic E-state index is 0.00174. The third kappa shape index (κ3) is 4.89. The Morgan fingerprint density at radius 1 is 0.781 bits per heavy atom. The number of alkyl halides is 3. The Kier molecular flexibility index (Phi) is 6.39. The summed E-state index contributed by atoms with van der Waals surface area (Å²) in [6.45, 7) is 3.96. The molecule has 2 saturated heterocycles. The Morgan fingerprint density at radius 2 is 1.28 bits per heavy atom. The molecule has 0 N–H and O–H groups in total. The van der Waals surface area contributed by atoms with Crippen LogP contribution in [0.4, 0.5) is 24.5 Å². The van der Waals surface area contributed by atoms with E-state index in [-0.39, 0.29) is 11.8 Å². The second-order valence-electron chi connectivity index (χ2n) is 8.33. The molecule has 4 rings (SSSR count). The number of hydrogen-bond acceptors (Lipinski definition) is 4. The van der Waals surface area contributed by atoms with Gasteiger partial charge in [-0.3, -0.25) is 9.59 Å². The van der Waals surface area contributed by atoms with Gasteiger partial charge in [0.2, 0.25) is 5.91 Å². The summed E-state index contributed by atoms with van der Waals surface area (Å²) in [6, 6.07) is 12.7. The van der Waals surface area contributed by atoms with Gasteiger partial charge in [0.1, 0.15) is 6.29 Å². The first-order valence-electron chi connectivity index (χ1n) is 10.9. The number of aldehydes is 1. The van der Waals surface area contributed by atoms with Crippen molar-refractivity contribution in [2.75, 3.05) is 49.1 Å². The molecular formula is C24H26F3N3O2. The molecule has 0 atom stereocenters. The van der Waals surface area contributed by atoms with Crippen LogP contribution in [0, 0.1) is 5.92 Å². The number of anilines is 2. The van der Waals surface area contributed by atoms with Gasteiger partial charge in [-0.1, -0.05) is 0 Å². The van der Waals surface area contributed by atoms with Crippen LogP contribution in [0.15, 0.2) is 48.5 Å². The van der Waals surface area contributed by atoms with E-state index >= 15 is 0 Å². The summed E-state index contributed by atoms with van der Waals surface area (Å²) >= 11 is 0. The molecule has 1 amide bonds. The van der Waals surface area contributed by atoms with Gasteiger partial charge in [-0.15, -0.1) is 0 Å². The van der Waals surface area contributed by atoms with Crippen molar-refractivity contribution in [1.29, 1.82) is 0 Å². The van der Waals surface area contributed by atoms with Crippen LogP contribution < -0.4 is 9.80 Å². The Hall–Kier alpha value is -3.03. The van der Waals surface area contributed by atoms with Crippen LogP contribution in [0.2, 0.25) is 0 Å². The van der Waals surface area contributed by atoms with Gasteiger partial charge < -0.3 is 14.7 Å². The van der Waals surface area contributed by atoms with E-state index in [2.05, 4.69) is 4.90 Å². The van der Waals surface area contributed by atoms with Gasteiger partial charge in [-0.2, -0.15) is 13.2 Å². The number of carbonyl (C=O) groups excluding carboxylic acids is 2. The van der Waals surface area contributed by atoms with Crippen LogP contribution in [-0.4, -0.2) is 56.4 Å². The summed E-state index contributed by atoms with van der Waals surface area (Å²) in [4.78, 5) is 30.0. The summed E-state index contributed by atoms with van der Waals surface area (Å²) in [5, 5.41) is 0. The SMILES string of the molecule is O=Cc1ccc(N2CCC(C(=O)N3CCN(c4ccc(C(F)(F)F)cc4)CC3)CC2)cc1. The fourth-order valence-corrected chi connectivity index (χ4v) is 4.45. The molecule has 0 spiro atoms. The molecule has 0 saturated carbocycles. The topological polar surface area (TPSA) is 43.9 Å². The molecule has 5 nitrogen and oxygen atoms in total. The summed E-state index contributed by atoms with van der Waals surface area (Å²) in [5.41, 5.74) is 1.81. The van der Waals surface area contributed by atoms with Crippen molar-refractivity contribution in [2.24, 2.45) is 5.92 Å². The van der Waals surface area contributed by atoms with E-state index in [1.54, 1.807) is 12.1 Å². The molecule has 0 aliphatic carbocycles. The number of nitrogens with zero attached hydrogens (tertiary/aromatic N) is 3. The highest BCUT2D eigenvalue weighted by Crippen LogP contribution is 2.31. The zero-order valence-corrected chi connectivity index (χ0v) is 17.7. The number of benzene rings is 2. The van der Waals surface area contributed by atoms with Crippen LogP contribution in [-0.2, 0) is 11.0 Å². The second kappa shape index (κ2) is 9.22. The van der Waals surface area contributed by atoms with E-state index in [9.17, 15) is 22.8 Å². The maximum atomic E-state index is 13.0. The van der Waals surface area contributed by atoms with Gasteiger partial charge in [0.15, 0.2) is 0 Å². The van der Waals surface area contributed by atoms with Crippen molar-refractivity contribution < 1.29 is 22.8 Å². The average molecular weight is 445 g/mol. The first kappa shape index (κ1) is 22.2. The van der Waals surface area contributed by atoms with Gasteiger partial charge in [-0.25, -0.2) is 0 Å². The first-order valence-corrected chi connectivity index (χ1v) is 10.9. The minimum Gasteiger partial charge on any atom is -0.371 e. The summed E-state index contributed by atoms with van der Waals surface area (Å²) < 4.78 is 38.3. The van der Waals surface area contributed by atoms with Crippen molar-refractivity contribution in [1.82, 2.24) is 4.90 Å². The third-order valence-corrected chi connectivity index (χ3v) is 6.39. The number of amides is 1. The molecule has 0 aromatic heterocycles. The van der Waals surface area contributed by atoms with Crippen molar-refractivity contribution >= 4 is 23.6 Å². The van der Waals surface area contributed by atoms with E-state index in [0.29, 0.717) is 31.7 Å². The highest BCUT2D eigenvalue weighted by Gasteiger charge is 2.32. The fourth-order valence-electron chi connectivity index (χ4n) is 4.45. The molecule has 2 aromatic carbocycles. The molecule has 32 heavy (non-hydrogen) atoms. The summed E-state index contributed by atoms with van der Waals surface area (Å²) in [6.07, 6.45) is -1.94. The highest BCUT2D eigenvalue weighted by atomic mass is 19.4. The molecule has 8 heteroatoms. The Bertz CT molecular complexity index is 928. The Morgan fingerprint density at radius 3 is 1.78 bits per heavy atom. The number of piperazine rings is 1. The van der Waals surface area contributed by atoms with Crippen LogP contribution >= 0.6 is 0 Å². The summed E-state index contributed by atoms with van der Waals surface area (Å²) in [7, 11) is 0. The van der Waals surface area contributed by atoms with Gasteiger partial charge >= 0.3 is 6.18 Å². The molecule has 0 unspecified atom stereocenters. The average Bonchev–Trinajstić information content (AvgIpc) is 2.83. The van der Waals surface area contributed by atoms with E-state index in [4.69, 9.17) is 0 Å². The standard InChI is InChI=1S/C24H26F3N3O2/c25-24(26,27)20-3-7-22(8-4-20)29-13-15-30(16-14-29)23(32)19-9-11-28(12-10-19)21-5-1-18(17-31)2-6-21/h1-8,17,19H,9-16H2. The maximum absolute atomic E-state index is 13.0. The predicted molar refractivity (Wildman–Crippen MR) is 117 cm³/mol. The van der Waals surface area contributed by atoms with E-state index < -0.39 is 11.7 Å². The predicted octanol–water partition coefficient (Wildman–Crippen LogP) is 4.08. The van der Waals surface area contributed by atoms with Gasteiger partial charge in [-0.05, 0) is 61.4 Å². The molecule has 2 aliphatic rings. The number of carbonyl (C=O) groups is 2. The van der Waals surface area contributed by atoms with E-state index in [0.717, 1.165) is 55.7 Å². The van der Waals surface area contributed by atoms with Crippen LogP contribution in [0.1, 0.15) is 28.8 Å². The number of rotatable bonds is 4.